The van der Waals surface area contributed by atoms with Crippen LogP contribution in [0.25, 0.3) is 11.1 Å². The van der Waals surface area contributed by atoms with Gasteiger partial charge in [-0.25, -0.2) is 9.40 Å². The minimum atomic E-state index is -0.267. The molecule has 1 amide bonds. The van der Waals surface area contributed by atoms with E-state index in [4.69, 9.17) is 0 Å². The van der Waals surface area contributed by atoms with Gasteiger partial charge < -0.3 is 10.7 Å². The first-order valence-electron chi connectivity index (χ1n) is 10.1. The van der Waals surface area contributed by atoms with E-state index in [0.29, 0.717) is 5.56 Å². The van der Waals surface area contributed by atoms with Crippen LogP contribution in [0.5, 0.6) is 0 Å². The first kappa shape index (κ1) is 23.1. The zero-order valence-electron chi connectivity index (χ0n) is 18.3. The Morgan fingerprint density at radius 3 is 1.93 bits per heavy atom. The zero-order valence-corrected chi connectivity index (χ0v) is 18.3. The minimum absolute atomic E-state index is 0.169. The van der Waals surface area contributed by atoms with Gasteiger partial charge in [0.25, 0.3) is 5.91 Å². The number of aryl methyl sites for hydroxylation is 1. The van der Waals surface area contributed by atoms with Gasteiger partial charge in [-0.3, -0.25) is 4.79 Å². The second-order valence-electron chi connectivity index (χ2n) is 7.28. The van der Waals surface area contributed by atoms with Crippen LogP contribution in [0.3, 0.4) is 0 Å². The summed E-state index contributed by atoms with van der Waals surface area (Å²) in [4.78, 5) is 12.5. The summed E-state index contributed by atoms with van der Waals surface area (Å²) in [5, 5.41) is 4.80. The SMILES string of the molecule is CCC.Cc1cc(NN(C)C)ccc1NC(=O)c1ccc(-c2ccc(F)cc2)cc1. The molecule has 3 aromatic rings. The van der Waals surface area contributed by atoms with E-state index >= 15 is 0 Å². The lowest BCUT2D eigenvalue weighted by Crippen LogP contribution is -2.19. The highest BCUT2D eigenvalue weighted by Gasteiger charge is 2.09. The van der Waals surface area contributed by atoms with E-state index in [1.807, 2.05) is 56.4 Å². The monoisotopic (exact) mass is 407 g/mol. The van der Waals surface area contributed by atoms with Crippen LogP contribution in [-0.2, 0) is 0 Å². The minimum Gasteiger partial charge on any atom is -0.322 e. The molecule has 0 atom stereocenters. The summed E-state index contributed by atoms with van der Waals surface area (Å²) in [6.07, 6.45) is 1.25. The molecule has 2 N–H and O–H groups in total. The molecule has 0 saturated heterocycles. The molecule has 0 unspecified atom stereocenters. The molecule has 0 aliphatic rings. The van der Waals surface area contributed by atoms with Gasteiger partial charge in [0, 0.05) is 31.0 Å². The van der Waals surface area contributed by atoms with Gasteiger partial charge in [0.15, 0.2) is 0 Å². The third kappa shape index (κ3) is 6.71. The molecule has 3 aromatic carbocycles. The van der Waals surface area contributed by atoms with Gasteiger partial charge in [0.2, 0.25) is 0 Å². The van der Waals surface area contributed by atoms with Gasteiger partial charge >= 0.3 is 0 Å². The number of carbonyl (C=O) groups is 1. The van der Waals surface area contributed by atoms with E-state index in [1.165, 1.54) is 18.6 Å². The van der Waals surface area contributed by atoms with Crippen molar-refractivity contribution in [3.8, 4) is 11.1 Å². The van der Waals surface area contributed by atoms with Crippen LogP contribution < -0.4 is 10.7 Å². The van der Waals surface area contributed by atoms with Crippen LogP contribution in [0.2, 0.25) is 0 Å². The van der Waals surface area contributed by atoms with E-state index < -0.39 is 0 Å². The fourth-order valence-electron chi connectivity index (χ4n) is 2.78. The zero-order chi connectivity index (χ0) is 22.1. The first-order valence-corrected chi connectivity index (χ1v) is 10.1. The number of nitrogens with zero attached hydrogens (tertiary/aromatic N) is 1. The molecular formula is C25H30FN3O. The number of amides is 1. The third-order valence-electron chi connectivity index (χ3n) is 4.15. The molecule has 0 saturated carbocycles. The average Bonchev–Trinajstić information content (AvgIpc) is 2.71. The number of rotatable bonds is 5. The average molecular weight is 408 g/mol. The maximum Gasteiger partial charge on any atom is 0.255 e. The van der Waals surface area contributed by atoms with E-state index in [0.717, 1.165) is 28.1 Å². The van der Waals surface area contributed by atoms with Crippen LogP contribution in [0.4, 0.5) is 15.8 Å². The molecule has 0 heterocycles. The molecule has 3 rings (SSSR count). The maximum atomic E-state index is 13.0. The van der Waals surface area contributed by atoms with Crippen molar-refractivity contribution in [1.82, 2.24) is 5.01 Å². The molecule has 0 spiro atoms. The van der Waals surface area contributed by atoms with E-state index in [9.17, 15) is 9.18 Å². The molecule has 30 heavy (non-hydrogen) atoms. The van der Waals surface area contributed by atoms with E-state index in [1.54, 1.807) is 24.3 Å². The summed E-state index contributed by atoms with van der Waals surface area (Å²) < 4.78 is 13.0. The summed E-state index contributed by atoms with van der Waals surface area (Å²) in [6.45, 7) is 6.20. The number of nitrogens with one attached hydrogen (secondary N) is 2. The Bertz CT molecular complexity index is 951. The van der Waals surface area contributed by atoms with E-state index in [2.05, 4.69) is 24.6 Å². The molecular weight excluding hydrogens is 377 g/mol. The van der Waals surface area contributed by atoms with Crippen LogP contribution >= 0.6 is 0 Å². The lowest BCUT2D eigenvalue weighted by Gasteiger charge is -2.15. The fraction of sp³-hybridized carbons (Fsp3) is 0.240. The Morgan fingerprint density at radius 2 is 1.43 bits per heavy atom. The Morgan fingerprint density at radius 1 is 0.900 bits per heavy atom. The molecule has 5 heteroatoms. The van der Waals surface area contributed by atoms with Crippen molar-refractivity contribution in [2.75, 3.05) is 24.8 Å². The molecule has 0 aliphatic carbocycles. The highest BCUT2D eigenvalue weighted by Crippen LogP contribution is 2.23. The number of hydrogen-bond donors (Lipinski definition) is 2. The summed E-state index contributed by atoms with van der Waals surface area (Å²) in [7, 11) is 3.83. The smallest absolute Gasteiger partial charge is 0.255 e. The lowest BCUT2D eigenvalue weighted by molar-refractivity contribution is 0.102. The summed E-state index contributed by atoms with van der Waals surface area (Å²) in [5.41, 5.74) is 8.28. The van der Waals surface area contributed by atoms with Gasteiger partial charge in [0.05, 0.1) is 0 Å². The van der Waals surface area contributed by atoms with Gasteiger partial charge in [-0.1, -0.05) is 44.5 Å². The predicted molar refractivity (Wildman–Crippen MR) is 124 cm³/mol. The molecule has 0 fully saturated rings. The topological polar surface area (TPSA) is 44.4 Å². The maximum absolute atomic E-state index is 13.0. The Balaban J connectivity index is 0.00000101. The highest BCUT2D eigenvalue weighted by molar-refractivity contribution is 6.05. The predicted octanol–water partition coefficient (Wildman–Crippen LogP) is 6.36. The summed E-state index contributed by atoms with van der Waals surface area (Å²) in [5.74, 6) is -0.436. The standard InChI is InChI=1S/C22H22FN3O.C3H8/c1-15-14-20(25-26(2)3)12-13-21(15)24-22(27)18-6-4-16(5-7-18)17-8-10-19(23)11-9-17;1-3-2/h4-14,25H,1-3H3,(H,24,27);3H2,1-2H3. The van der Waals surface area contributed by atoms with Crippen LogP contribution in [-0.4, -0.2) is 25.0 Å². The first-order chi connectivity index (χ1) is 14.3. The number of carbonyl (C=O) groups excluding carboxylic acids is 1. The largest absolute Gasteiger partial charge is 0.322 e. The quantitative estimate of drug-likeness (QED) is 0.484. The number of hydrogen-bond acceptors (Lipinski definition) is 3. The second kappa shape index (κ2) is 11.1. The van der Waals surface area contributed by atoms with E-state index in [-0.39, 0.29) is 11.7 Å². The summed E-state index contributed by atoms with van der Waals surface area (Å²) in [6, 6.07) is 19.3. The molecule has 0 bridgehead atoms. The van der Waals surface area contributed by atoms with Crippen LogP contribution in [0.15, 0.2) is 66.7 Å². The van der Waals surface area contributed by atoms with Gasteiger partial charge in [-0.2, -0.15) is 0 Å². The Labute approximate surface area is 178 Å². The molecule has 158 valence electrons. The number of benzene rings is 3. The Hall–Kier alpha value is -3.18. The number of hydrazine groups is 1. The van der Waals surface area contributed by atoms with Crippen LogP contribution in [0.1, 0.15) is 36.2 Å². The van der Waals surface area contributed by atoms with Crippen molar-refractivity contribution < 1.29 is 9.18 Å². The van der Waals surface area contributed by atoms with Crippen molar-refractivity contribution in [2.24, 2.45) is 0 Å². The van der Waals surface area contributed by atoms with Crippen molar-refractivity contribution in [1.29, 1.82) is 0 Å². The van der Waals surface area contributed by atoms with Crippen molar-refractivity contribution in [3.05, 3.63) is 83.7 Å². The Kier molecular flexibility index (Phi) is 8.56. The van der Waals surface area contributed by atoms with Gasteiger partial charge in [-0.05, 0) is 66.1 Å². The van der Waals surface area contributed by atoms with Gasteiger partial charge in [0.1, 0.15) is 5.82 Å². The van der Waals surface area contributed by atoms with Crippen molar-refractivity contribution in [2.45, 2.75) is 27.2 Å². The number of anilines is 2. The molecule has 0 radical (unpaired) electrons. The highest BCUT2D eigenvalue weighted by atomic mass is 19.1. The second-order valence-corrected chi connectivity index (χ2v) is 7.28. The van der Waals surface area contributed by atoms with Gasteiger partial charge in [-0.15, -0.1) is 0 Å². The van der Waals surface area contributed by atoms with Crippen molar-refractivity contribution in [3.63, 3.8) is 0 Å². The van der Waals surface area contributed by atoms with Crippen molar-refractivity contribution >= 4 is 17.3 Å². The molecule has 0 aliphatic heterocycles. The molecule has 0 aromatic heterocycles. The summed E-state index contributed by atoms with van der Waals surface area (Å²) >= 11 is 0. The lowest BCUT2D eigenvalue weighted by atomic mass is 10.0. The third-order valence-corrected chi connectivity index (χ3v) is 4.15. The molecule has 4 nitrogen and oxygen atoms in total. The fourth-order valence-corrected chi connectivity index (χ4v) is 2.78. The normalized spacial score (nSPS) is 10.2. The van der Waals surface area contributed by atoms with Crippen LogP contribution in [0, 0.1) is 12.7 Å². The number of halogens is 1.